The van der Waals surface area contributed by atoms with Gasteiger partial charge >= 0.3 is 6.09 Å². The number of hydrogen-bond acceptors (Lipinski definition) is 4. The zero-order valence-electron chi connectivity index (χ0n) is 16.0. The minimum absolute atomic E-state index is 0.111. The molecule has 25 heavy (non-hydrogen) atoms. The van der Waals surface area contributed by atoms with E-state index in [9.17, 15) is 9.59 Å². The minimum Gasteiger partial charge on any atom is -0.444 e. The van der Waals surface area contributed by atoms with Gasteiger partial charge in [0, 0.05) is 25.5 Å². The second-order valence-electron chi connectivity index (χ2n) is 7.60. The molecule has 0 aromatic heterocycles. The van der Waals surface area contributed by atoms with E-state index in [4.69, 9.17) is 9.47 Å². The number of alkyl carbamates (subject to hydrolysis) is 1. The summed E-state index contributed by atoms with van der Waals surface area (Å²) in [4.78, 5) is 23.8. The van der Waals surface area contributed by atoms with E-state index in [1.54, 1.807) is 27.7 Å². The predicted molar refractivity (Wildman–Crippen MR) is 98.3 cm³/mol. The van der Waals surface area contributed by atoms with Crippen molar-refractivity contribution in [1.82, 2.24) is 5.32 Å². The highest BCUT2D eigenvalue weighted by Gasteiger charge is 2.19. The molecule has 0 fully saturated rings. The molecule has 5 nitrogen and oxygen atoms in total. The molecule has 1 rings (SSSR count). The zero-order chi connectivity index (χ0) is 18.9. The van der Waals surface area contributed by atoms with E-state index in [1.807, 2.05) is 37.3 Å². The molecule has 2 atom stereocenters. The standard InChI is InChI=1S/C20H31NO4/c1-15(13-24-14-17-9-7-6-8-10-17)11-18(22)12-16(2)21-19(23)25-20(3,4)5/h6-10,15-16H,11-14H2,1-5H3,(H,21,23). The van der Waals surface area contributed by atoms with Gasteiger partial charge in [0.1, 0.15) is 11.4 Å². The number of Topliss-reactive ketones (excluding diaryl/α,β-unsaturated/α-hetero) is 1. The summed E-state index contributed by atoms with van der Waals surface area (Å²) in [7, 11) is 0. The maximum Gasteiger partial charge on any atom is 0.407 e. The van der Waals surface area contributed by atoms with Crippen molar-refractivity contribution < 1.29 is 19.1 Å². The van der Waals surface area contributed by atoms with E-state index >= 15 is 0 Å². The van der Waals surface area contributed by atoms with Crippen LogP contribution >= 0.6 is 0 Å². The van der Waals surface area contributed by atoms with E-state index in [2.05, 4.69) is 5.32 Å². The number of ketones is 1. The highest BCUT2D eigenvalue weighted by atomic mass is 16.6. The lowest BCUT2D eigenvalue weighted by Crippen LogP contribution is -2.38. The van der Waals surface area contributed by atoms with Crippen LogP contribution in [-0.4, -0.2) is 30.1 Å². The summed E-state index contributed by atoms with van der Waals surface area (Å²) in [6.07, 6.45) is 0.240. The van der Waals surface area contributed by atoms with Crippen molar-refractivity contribution >= 4 is 11.9 Å². The third-order valence-corrected chi connectivity index (χ3v) is 3.39. The Hall–Kier alpha value is -1.88. The number of rotatable bonds is 9. The summed E-state index contributed by atoms with van der Waals surface area (Å²) >= 11 is 0. The van der Waals surface area contributed by atoms with Crippen LogP contribution in [0.4, 0.5) is 4.79 Å². The van der Waals surface area contributed by atoms with Crippen molar-refractivity contribution in [3.05, 3.63) is 35.9 Å². The molecule has 1 aromatic rings. The van der Waals surface area contributed by atoms with Crippen molar-refractivity contribution in [1.29, 1.82) is 0 Å². The topological polar surface area (TPSA) is 64.6 Å². The van der Waals surface area contributed by atoms with E-state index in [0.29, 0.717) is 26.1 Å². The molecule has 1 N–H and O–H groups in total. The van der Waals surface area contributed by atoms with Gasteiger partial charge in [0.25, 0.3) is 0 Å². The predicted octanol–water partition coefficient (Wildman–Crippen LogP) is 4.10. The lowest BCUT2D eigenvalue weighted by Gasteiger charge is -2.22. The third-order valence-electron chi connectivity index (χ3n) is 3.39. The maximum absolute atomic E-state index is 12.1. The van der Waals surface area contributed by atoms with Gasteiger partial charge in [-0.15, -0.1) is 0 Å². The maximum atomic E-state index is 12.1. The zero-order valence-corrected chi connectivity index (χ0v) is 16.0. The third kappa shape index (κ3) is 10.6. The van der Waals surface area contributed by atoms with E-state index < -0.39 is 11.7 Å². The molecule has 0 saturated heterocycles. The monoisotopic (exact) mass is 349 g/mol. The molecule has 0 heterocycles. The van der Waals surface area contributed by atoms with E-state index in [0.717, 1.165) is 5.56 Å². The van der Waals surface area contributed by atoms with Crippen LogP contribution < -0.4 is 5.32 Å². The molecule has 2 unspecified atom stereocenters. The van der Waals surface area contributed by atoms with Crippen LogP contribution in [0, 0.1) is 5.92 Å². The summed E-state index contributed by atoms with van der Waals surface area (Å²) in [6.45, 7) is 10.3. The molecule has 5 heteroatoms. The second kappa shape index (κ2) is 10.2. The van der Waals surface area contributed by atoms with E-state index in [-0.39, 0.29) is 17.7 Å². The smallest absolute Gasteiger partial charge is 0.407 e. The van der Waals surface area contributed by atoms with Gasteiger partial charge in [-0.2, -0.15) is 0 Å². The summed E-state index contributed by atoms with van der Waals surface area (Å²) < 4.78 is 10.8. The number of carbonyl (C=O) groups is 2. The van der Waals surface area contributed by atoms with Crippen molar-refractivity contribution in [3.8, 4) is 0 Å². The van der Waals surface area contributed by atoms with Crippen molar-refractivity contribution in [3.63, 3.8) is 0 Å². The van der Waals surface area contributed by atoms with Gasteiger partial charge in [0.05, 0.1) is 6.61 Å². The van der Waals surface area contributed by atoms with Crippen LogP contribution in [0.1, 0.15) is 53.0 Å². The molecule has 0 aliphatic carbocycles. The Bertz CT molecular complexity index is 536. The lowest BCUT2D eigenvalue weighted by molar-refractivity contribution is -0.120. The quantitative estimate of drug-likeness (QED) is 0.729. The molecule has 0 radical (unpaired) electrons. The number of hydrogen-bond donors (Lipinski definition) is 1. The molecular weight excluding hydrogens is 318 g/mol. The van der Waals surface area contributed by atoms with Crippen LogP contribution in [0.25, 0.3) is 0 Å². The first-order valence-corrected chi connectivity index (χ1v) is 8.78. The summed E-state index contributed by atoms with van der Waals surface area (Å²) in [5, 5.41) is 2.69. The normalized spacial score (nSPS) is 13.8. The van der Waals surface area contributed by atoms with Gasteiger partial charge in [-0.3, -0.25) is 4.79 Å². The largest absolute Gasteiger partial charge is 0.444 e. The highest BCUT2D eigenvalue weighted by Crippen LogP contribution is 2.10. The number of nitrogens with one attached hydrogen (secondary N) is 1. The Morgan fingerprint density at radius 1 is 1.08 bits per heavy atom. The fourth-order valence-electron chi connectivity index (χ4n) is 2.38. The van der Waals surface area contributed by atoms with Gasteiger partial charge < -0.3 is 14.8 Å². The van der Waals surface area contributed by atoms with E-state index in [1.165, 1.54) is 0 Å². The number of benzene rings is 1. The fraction of sp³-hybridized carbons (Fsp3) is 0.600. The summed E-state index contributed by atoms with van der Waals surface area (Å²) in [6, 6.07) is 9.70. The van der Waals surface area contributed by atoms with Gasteiger partial charge in [0.2, 0.25) is 0 Å². The second-order valence-corrected chi connectivity index (χ2v) is 7.60. The van der Waals surface area contributed by atoms with Crippen molar-refractivity contribution in [2.24, 2.45) is 5.92 Å². The van der Waals surface area contributed by atoms with Crippen LogP contribution in [0.15, 0.2) is 30.3 Å². The molecule has 1 aromatic carbocycles. The van der Waals surface area contributed by atoms with Crippen molar-refractivity contribution in [2.45, 2.75) is 65.7 Å². The highest BCUT2D eigenvalue weighted by molar-refractivity contribution is 5.80. The minimum atomic E-state index is -0.543. The first-order valence-electron chi connectivity index (χ1n) is 8.78. The molecular formula is C20H31NO4. The Kier molecular flexibility index (Phi) is 8.62. The molecule has 0 bridgehead atoms. The number of carbonyl (C=O) groups excluding carboxylic acids is 2. The Morgan fingerprint density at radius 3 is 2.32 bits per heavy atom. The Balaban J connectivity index is 2.22. The Morgan fingerprint density at radius 2 is 1.72 bits per heavy atom. The SMILES string of the molecule is CC(COCc1ccccc1)CC(=O)CC(C)NC(=O)OC(C)(C)C. The first kappa shape index (κ1) is 21.2. The van der Waals surface area contributed by atoms with Crippen LogP contribution in [-0.2, 0) is 20.9 Å². The van der Waals surface area contributed by atoms with Gasteiger partial charge in [-0.05, 0) is 39.2 Å². The first-order chi connectivity index (χ1) is 11.7. The van der Waals surface area contributed by atoms with Gasteiger partial charge in [0.15, 0.2) is 0 Å². The molecule has 1 amide bonds. The average molecular weight is 349 g/mol. The molecule has 0 saturated carbocycles. The van der Waals surface area contributed by atoms with Gasteiger partial charge in [-0.25, -0.2) is 4.79 Å². The number of amides is 1. The fourth-order valence-corrected chi connectivity index (χ4v) is 2.38. The van der Waals surface area contributed by atoms with Gasteiger partial charge in [-0.1, -0.05) is 37.3 Å². The average Bonchev–Trinajstić information content (AvgIpc) is 2.45. The summed E-state index contributed by atoms with van der Waals surface area (Å²) in [5.74, 6) is 0.254. The molecule has 140 valence electrons. The van der Waals surface area contributed by atoms with Crippen LogP contribution in [0.2, 0.25) is 0 Å². The van der Waals surface area contributed by atoms with Crippen molar-refractivity contribution in [2.75, 3.05) is 6.61 Å². The lowest BCUT2D eigenvalue weighted by atomic mass is 10.0. The molecule has 0 spiro atoms. The summed E-state index contributed by atoms with van der Waals surface area (Å²) in [5.41, 5.74) is 0.578. The molecule has 0 aliphatic heterocycles. The van der Waals surface area contributed by atoms with Crippen LogP contribution in [0.3, 0.4) is 0 Å². The molecule has 0 aliphatic rings. The number of ether oxygens (including phenoxy) is 2. The Labute approximate surface area is 151 Å². The van der Waals surface area contributed by atoms with Crippen LogP contribution in [0.5, 0.6) is 0 Å².